The van der Waals surface area contributed by atoms with Crippen molar-refractivity contribution in [3.05, 3.63) is 53.9 Å². The number of aliphatic carboxylic acids is 1. The summed E-state index contributed by atoms with van der Waals surface area (Å²) >= 11 is 0. The number of anilines is 2. The minimum Gasteiger partial charge on any atom is -0.480 e. The number of carbonyl (C=O) groups excluding carboxylic acids is 1. The second-order valence-corrected chi connectivity index (χ2v) is 4.48. The van der Waals surface area contributed by atoms with Crippen LogP contribution in [0, 0.1) is 6.92 Å². The number of carbonyl (C=O) groups is 2. The average Bonchev–Trinajstić information content (AvgIpc) is 2.45. The van der Waals surface area contributed by atoms with E-state index in [0.29, 0.717) is 22.6 Å². The summed E-state index contributed by atoms with van der Waals surface area (Å²) in [6.45, 7) is 1.22. The van der Waals surface area contributed by atoms with Gasteiger partial charge in [0, 0.05) is 11.9 Å². The standard InChI is InChI=1S/C15H15N3O3/c1-10-11(5-4-8-17-10)15(21)18(9-14(19)20)13-7-3-2-6-12(13)16/h2-8H,9,16H2,1H3,(H,19,20). The molecule has 0 bridgehead atoms. The van der Waals surface area contributed by atoms with Crippen LogP contribution in [-0.4, -0.2) is 28.5 Å². The quantitative estimate of drug-likeness (QED) is 0.833. The molecule has 0 atom stereocenters. The lowest BCUT2D eigenvalue weighted by Crippen LogP contribution is -2.36. The number of carboxylic acids is 1. The Morgan fingerprint density at radius 1 is 1.24 bits per heavy atom. The van der Waals surface area contributed by atoms with Crippen LogP contribution in [0.15, 0.2) is 42.6 Å². The number of aryl methyl sites for hydroxylation is 1. The van der Waals surface area contributed by atoms with Gasteiger partial charge in [-0.3, -0.25) is 19.5 Å². The topological polar surface area (TPSA) is 96.5 Å². The molecule has 1 amide bonds. The van der Waals surface area contributed by atoms with Gasteiger partial charge in [0.1, 0.15) is 6.54 Å². The highest BCUT2D eigenvalue weighted by molar-refractivity contribution is 6.10. The van der Waals surface area contributed by atoms with Gasteiger partial charge < -0.3 is 10.8 Å². The summed E-state index contributed by atoms with van der Waals surface area (Å²) < 4.78 is 0. The Morgan fingerprint density at radius 2 is 1.95 bits per heavy atom. The number of amides is 1. The minimum absolute atomic E-state index is 0.341. The SMILES string of the molecule is Cc1ncccc1C(=O)N(CC(=O)O)c1ccccc1N. The fourth-order valence-corrected chi connectivity index (χ4v) is 1.99. The van der Waals surface area contributed by atoms with Gasteiger partial charge in [0.15, 0.2) is 0 Å². The number of nitrogens with zero attached hydrogens (tertiary/aromatic N) is 2. The summed E-state index contributed by atoms with van der Waals surface area (Å²) in [4.78, 5) is 28.9. The van der Waals surface area contributed by atoms with Gasteiger partial charge >= 0.3 is 5.97 Å². The number of para-hydroxylation sites is 2. The van der Waals surface area contributed by atoms with Crippen molar-refractivity contribution < 1.29 is 14.7 Å². The molecule has 0 fully saturated rings. The van der Waals surface area contributed by atoms with Crippen molar-refractivity contribution in [3.63, 3.8) is 0 Å². The Morgan fingerprint density at radius 3 is 2.57 bits per heavy atom. The first-order valence-corrected chi connectivity index (χ1v) is 6.30. The van der Waals surface area contributed by atoms with Gasteiger partial charge in [0.25, 0.3) is 5.91 Å². The molecule has 6 heteroatoms. The molecule has 0 unspecified atom stereocenters. The van der Waals surface area contributed by atoms with Crippen LogP contribution in [0.1, 0.15) is 16.1 Å². The second kappa shape index (κ2) is 6.04. The van der Waals surface area contributed by atoms with Gasteiger partial charge in [0.2, 0.25) is 0 Å². The third-order valence-corrected chi connectivity index (χ3v) is 3.00. The number of hydrogen-bond acceptors (Lipinski definition) is 4. The molecule has 3 N–H and O–H groups in total. The molecular formula is C15H15N3O3. The first kappa shape index (κ1) is 14.5. The first-order valence-electron chi connectivity index (χ1n) is 6.30. The smallest absolute Gasteiger partial charge is 0.323 e. The van der Waals surface area contributed by atoms with Gasteiger partial charge in [-0.25, -0.2) is 0 Å². The molecule has 0 aliphatic carbocycles. The summed E-state index contributed by atoms with van der Waals surface area (Å²) in [5.41, 5.74) is 7.44. The number of carboxylic acid groups (broad SMARTS) is 1. The van der Waals surface area contributed by atoms with E-state index in [-0.39, 0.29) is 0 Å². The Balaban J connectivity index is 2.46. The van der Waals surface area contributed by atoms with Crippen LogP contribution in [0.3, 0.4) is 0 Å². The predicted molar refractivity (Wildman–Crippen MR) is 79.1 cm³/mol. The molecule has 1 aromatic heterocycles. The molecule has 0 spiro atoms. The number of hydrogen-bond donors (Lipinski definition) is 2. The maximum atomic E-state index is 12.6. The molecule has 6 nitrogen and oxygen atoms in total. The summed E-state index contributed by atoms with van der Waals surface area (Å²) in [6, 6.07) is 9.89. The van der Waals surface area contributed by atoms with Crippen molar-refractivity contribution in [2.45, 2.75) is 6.92 Å². The van der Waals surface area contributed by atoms with E-state index < -0.39 is 18.4 Å². The highest BCUT2D eigenvalue weighted by Gasteiger charge is 2.23. The van der Waals surface area contributed by atoms with E-state index in [2.05, 4.69) is 4.98 Å². The Hall–Kier alpha value is -2.89. The van der Waals surface area contributed by atoms with E-state index in [1.165, 1.54) is 0 Å². The van der Waals surface area contributed by atoms with Crippen molar-refractivity contribution in [2.75, 3.05) is 17.2 Å². The van der Waals surface area contributed by atoms with E-state index in [0.717, 1.165) is 4.90 Å². The second-order valence-electron chi connectivity index (χ2n) is 4.48. The average molecular weight is 285 g/mol. The zero-order valence-electron chi connectivity index (χ0n) is 11.5. The number of nitrogen functional groups attached to an aromatic ring is 1. The lowest BCUT2D eigenvalue weighted by Gasteiger charge is -2.22. The van der Waals surface area contributed by atoms with Crippen LogP contribution in [0.4, 0.5) is 11.4 Å². The van der Waals surface area contributed by atoms with Gasteiger partial charge in [-0.2, -0.15) is 0 Å². The number of benzene rings is 1. The summed E-state index contributed by atoms with van der Waals surface area (Å²) in [5.74, 6) is -1.56. The predicted octanol–water partition coefficient (Wildman–Crippen LogP) is 1.70. The largest absolute Gasteiger partial charge is 0.480 e. The number of aromatic nitrogens is 1. The Bertz CT molecular complexity index is 685. The number of pyridine rings is 1. The highest BCUT2D eigenvalue weighted by Crippen LogP contribution is 2.24. The molecular weight excluding hydrogens is 270 g/mol. The van der Waals surface area contributed by atoms with E-state index in [1.54, 1.807) is 49.5 Å². The molecule has 2 aromatic rings. The molecule has 0 saturated heterocycles. The van der Waals surface area contributed by atoms with Crippen molar-refractivity contribution in [1.29, 1.82) is 0 Å². The summed E-state index contributed by atoms with van der Waals surface area (Å²) in [7, 11) is 0. The van der Waals surface area contributed by atoms with Crippen molar-refractivity contribution in [3.8, 4) is 0 Å². The lowest BCUT2D eigenvalue weighted by molar-refractivity contribution is -0.135. The van der Waals surface area contributed by atoms with Gasteiger partial charge in [-0.15, -0.1) is 0 Å². The minimum atomic E-state index is -1.12. The van der Waals surface area contributed by atoms with Crippen LogP contribution in [0.25, 0.3) is 0 Å². The van der Waals surface area contributed by atoms with Gasteiger partial charge in [0.05, 0.1) is 16.9 Å². The Labute approximate surface area is 121 Å². The monoisotopic (exact) mass is 285 g/mol. The van der Waals surface area contributed by atoms with E-state index in [1.807, 2.05) is 0 Å². The normalized spacial score (nSPS) is 10.1. The molecule has 1 heterocycles. The van der Waals surface area contributed by atoms with Crippen LogP contribution >= 0.6 is 0 Å². The highest BCUT2D eigenvalue weighted by atomic mass is 16.4. The molecule has 0 aliphatic rings. The van der Waals surface area contributed by atoms with Crippen LogP contribution in [0.2, 0.25) is 0 Å². The van der Waals surface area contributed by atoms with E-state index in [9.17, 15) is 9.59 Å². The molecule has 0 aliphatic heterocycles. The molecule has 21 heavy (non-hydrogen) atoms. The van der Waals surface area contributed by atoms with Gasteiger partial charge in [-0.05, 0) is 31.2 Å². The first-order chi connectivity index (χ1) is 10.0. The maximum Gasteiger partial charge on any atom is 0.323 e. The van der Waals surface area contributed by atoms with Crippen LogP contribution < -0.4 is 10.6 Å². The zero-order chi connectivity index (χ0) is 15.4. The third-order valence-electron chi connectivity index (χ3n) is 3.00. The van der Waals surface area contributed by atoms with E-state index in [4.69, 9.17) is 10.8 Å². The van der Waals surface area contributed by atoms with Crippen molar-refractivity contribution >= 4 is 23.3 Å². The molecule has 0 radical (unpaired) electrons. The summed E-state index contributed by atoms with van der Waals surface area (Å²) in [6.07, 6.45) is 1.57. The molecule has 1 aromatic carbocycles. The Kier molecular flexibility index (Phi) is 4.18. The summed E-state index contributed by atoms with van der Waals surface area (Å²) in [5, 5.41) is 9.05. The van der Waals surface area contributed by atoms with Crippen LogP contribution in [0.5, 0.6) is 0 Å². The van der Waals surface area contributed by atoms with Crippen molar-refractivity contribution in [1.82, 2.24) is 4.98 Å². The maximum absolute atomic E-state index is 12.6. The number of nitrogens with two attached hydrogens (primary N) is 1. The van der Waals surface area contributed by atoms with E-state index >= 15 is 0 Å². The van der Waals surface area contributed by atoms with Crippen molar-refractivity contribution in [2.24, 2.45) is 0 Å². The van der Waals surface area contributed by atoms with Gasteiger partial charge in [-0.1, -0.05) is 12.1 Å². The fraction of sp³-hybridized carbons (Fsp3) is 0.133. The molecule has 0 saturated carbocycles. The lowest BCUT2D eigenvalue weighted by atomic mass is 10.1. The third kappa shape index (κ3) is 3.17. The fourth-order valence-electron chi connectivity index (χ4n) is 1.99. The zero-order valence-corrected chi connectivity index (χ0v) is 11.5. The number of rotatable bonds is 4. The van der Waals surface area contributed by atoms with Crippen LogP contribution in [-0.2, 0) is 4.79 Å². The molecule has 108 valence electrons. The molecule has 2 rings (SSSR count).